The number of nitrogens with two attached hydrogens (primary N) is 1. The van der Waals surface area contributed by atoms with Gasteiger partial charge in [0.15, 0.2) is 0 Å². The van der Waals surface area contributed by atoms with Crippen LogP contribution in [0.1, 0.15) is 28.3 Å². The first-order valence-corrected chi connectivity index (χ1v) is 6.35. The number of aryl methyl sites for hydroxylation is 2. The molecule has 0 fully saturated rings. The normalized spacial score (nSPS) is 12.5. The summed E-state index contributed by atoms with van der Waals surface area (Å²) < 4.78 is 41.2. The van der Waals surface area contributed by atoms with Gasteiger partial charge in [0.25, 0.3) is 0 Å². The van der Waals surface area contributed by atoms with E-state index in [-0.39, 0.29) is 12.0 Å². The van der Waals surface area contributed by atoms with Gasteiger partial charge >= 0.3 is 0 Å². The van der Waals surface area contributed by atoms with E-state index in [1.807, 2.05) is 0 Å². The Kier molecular flexibility index (Phi) is 4.14. The van der Waals surface area contributed by atoms with E-state index in [1.165, 1.54) is 24.3 Å². The zero-order valence-corrected chi connectivity index (χ0v) is 11.4. The summed E-state index contributed by atoms with van der Waals surface area (Å²) in [6, 6.07) is 6.02. The van der Waals surface area contributed by atoms with Crippen LogP contribution in [0.5, 0.6) is 0 Å². The molecule has 0 aliphatic heterocycles. The number of rotatable bonds is 3. The van der Waals surface area contributed by atoms with Crippen molar-refractivity contribution in [3.63, 3.8) is 0 Å². The summed E-state index contributed by atoms with van der Waals surface area (Å²) in [5.74, 6) is -1.76. The Morgan fingerprint density at radius 2 is 1.60 bits per heavy atom. The van der Waals surface area contributed by atoms with Crippen LogP contribution in [0.25, 0.3) is 0 Å². The second-order valence-electron chi connectivity index (χ2n) is 4.99. The van der Waals surface area contributed by atoms with E-state index in [1.54, 1.807) is 19.9 Å². The van der Waals surface area contributed by atoms with Gasteiger partial charge in [-0.2, -0.15) is 0 Å². The van der Waals surface area contributed by atoms with Gasteiger partial charge in [0.2, 0.25) is 0 Å². The molecule has 0 saturated carbocycles. The van der Waals surface area contributed by atoms with Crippen molar-refractivity contribution >= 4 is 0 Å². The van der Waals surface area contributed by atoms with Crippen LogP contribution in [0, 0.1) is 31.3 Å². The van der Waals surface area contributed by atoms with Crippen LogP contribution in [0.2, 0.25) is 0 Å². The molecule has 0 radical (unpaired) electrons. The minimum atomic E-state index is -0.790. The highest BCUT2D eigenvalue weighted by Gasteiger charge is 2.19. The second kappa shape index (κ2) is 5.67. The van der Waals surface area contributed by atoms with Gasteiger partial charge in [0, 0.05) is 17.2 Å². The lowest BCUT2D eigenvalue weighted by molar-refractivity contribution is 0.527. The summed E-state index contributed by atoms with van der Waals surface area (Å²) in [7, 11) is 0. The highest BCUT2D eigenvalue weighted by atomic mass is 19.1. The van der Waals surface area contributed by atoms with Gasteiger partial charge < -0.3 is 5.73 Å². The van der Waals surface area contributed by atoms with Gasteiger partial charge in [-0.25, -0.2) is 13.2 Å². The van der Waals surface area contributed by atoms with Crippen LogP contribution in [-0.2, 0) is 6.42 Å². The number of hydrogen-bond acceptors (Lipinski definition) is 1. The van der Waals surface area contributed by atoms with E-state index in [0.29, 0.717) is 11.1 Å². The molecule has 0 aromatic heterocycles. The van der Waals surface area contributed by atoms with Gasteiger partial charge in [-0.05, 0) is 49.6 Å². The number of halogens is 3. The average Bonchev–Trinajstić information content (AvgIpc) is 2.32. The Balaban J connectivity index is 2.36. The van der Waals surface area contributed by atoms with E-state index in [0.717, 1.165) is 5.56 Å². The smallest absolute Gasteiger partial charge is 0.129 e. The minimum Gasteiger partial charge on any atom is -0.324 e. The maximum absolute atomic E-state index is 14.0. The Hall–Kier alpha value is -1.81. The van der Waals surface area contributed by atoms with Crippen LogP contribution in [0.3, 0.4) is 0 Å². The molecule has 1 nitrogen and oxygen atoms in total. The van der Waals surface area contributed by atoms with Gasteiger partial charge in [-0.15, -0.1) is 0 Å². The first-order valence-electron chi connectivity index (χ1n) is 6.35. The summed E-state index contributed by atoms with van der Waals surface area (Å²) in [5, 5.41) is 0. The highest BCUT2D eigenvalue weighted by molar-refractivity contribution is 5.35. The van der Waals surface area contributed by atoms with Gasteiger partial charge in [-0.1, -0.05) is 12.1 Å². The molecule has 0 aliphatic carbocycles. The van der Waals surface area contributed by atoms with Crippen molar-refractivity contribution in [1.82, 2.24) is 0 Å². The predicted octanol–water partition coefficient (Wildman–Crippen LogP) is 3.96. The van der Waals surface area contributed by atoms with E-state index in [9.17, 15) is 13.2 Å². The monoisotopic (exact) mass is 279 g/mol. The zero-order chi connectivity index (χ0) is 14.9. The third-order valence-electron chi connectivity index (χ3n) is 3.34. The fourth-order valence-electron chi connectivity index (χ4n) is 2.45. The zero-order valence-electron chi connectivity index (χ0n) is 11.4. The molecule has 0 aliphatic rings. The quantitative estimate of drug-likeness (QED) is 0.904. The van der Waals surface area contributed by atoms with Gasteiger partial charge in [0.05, 0.1) is 0 Å². The van der Waals surface area contributed by atoms with E-state index in [2.05, 4.69) is 0 Å². The molecule has 20 heavy (non-hydrogen) atoms. The van der Waals surface area contributed by atoms with Crippen molar-refractivity contribution in [1.29, 1.82) is 0 Å². The Bertz CT molecular complexity index is 594. The molecule has 0 saturated heterocycles. The van der Waals surface area contributed by atoms with Crippen LogP contribution in [0.15, 0.2) is 30.3 Å². The van der Waals surface area contributed by atoms with Crippen molar-refractivity contribution < 1.29 is 13.2 Å². The first-order chi connectivity index (χ1) is 9.40. The van der Waals surface area contributed by atoms with Crippen molar-refractivity contribution in [3.05, 3.63) is 70.0 Å². The van der Waals surface area contributed by atoms with Crippen molar-refractivity contribution in [2.45, 2.75) is 26.3 Å². The summed E-state index contributed by atoms with van der Waals surface area (Å²) in [6.07, 6.45) is -0.0840. The molecule has 1 atom stereocenters. The van der Waals surface area contributed by atoms with Gasteiger partial charge in [-0.3, -0.25) is 0 Å². The van der Waals surface area contributed by atoms with Crippen LogP contribution in [-0.4, -0.2) is 0 Å². The summed E-state index contributed by atoms with van der Waals surface area (Å²) >= 11 is 0. The number of benzene rings is 2. The van der Waals surface area contributed by atoms with Crippen LogP contribution < -0.4 is 5.73 Å². The van der Waals surface area contributed by atoms with Crippen molar-refractivity contribution in [2.75, 3.05) is 0 Å². The largest absolute Gasteiger partial charge is 0.324 e. The van der Waals surface area contributed by atoms with Crippen molar-refractivity contribution in [3.8, 4) is 0 Å². The molecule has 0 amide bonds. The SMILES string of the molecule is Cc1cc(C)c(C(N)Cc2c(F)cccc2F)c(F)c1. The molecule has 2 aromatic carbocycles. The second-order valence-corrected chi connectivity index (χ2v) is 4.99. The molecule has 2 aromatic rings. The Morgan fingerprint density at radius 1 is 1.00 bits per heavy atom. The maximum atomic E-state index is 14.0. The standard InChI is InChI=1S/C16H16F3N/c1-9-6-10(2)16(14(19)7-9)15(20)8-11-12(17)4-3-5-13(11)18/h3-7,15H,8,20H2,1-2H3. The van der Waals surface area contributed by atoms with E-state index >= 15 is 0 Å². The molecule has 1 unspecified atom stereocenters. The van der Waals surface area contributed by atoms with E-state index < -0.39 is 23.5 Å². The minimum absolute atomic E-state index is 0.0840. The molecule has 0 heterocycles. The fraction of sp³-hybridized carbons (Fsp3) is 0.250. The maximum Gasteiger partial charge on any atom is 0.129 e. The molecule has 0 bridgehead atoms. The Labute approximate surface area is 116 Å². The molecular weight excluding hydrogens is 263 g/mol. The predicted molar refractivity (Wildman–Crippen MR) is 72.9 cm³/mol. The molecule has 4 heteroatoms. The van der Waals surface area contributed by atoms with Crippen molar-refractivity contribution in [2.24, 2.45) is 5.73 Å². The topological polar surface area (TPSA) is 26.0 Å². The molecule has 2 rings (SSSR count). The lowest BCUT2D eigenvalue weighted by Crippen LogP contribution is -2.18. The highest BCUT2D eigenvalue weighted by Crippen LogP contribution is 2.26. The lowest BCUT2D eigenvalue weighted by atomic mass is 9.94. The number of hydrogen-bond donors (Lipinski definition) is 1. The van der Waals surface area contributed by atoms with Gasteiger partial charge in [0.1, 0.15) is 17.5 Å². The summed E-state index contributed by atoms with van der Waals surface area (Å²) in [4.78, 5) is 0. The lowest BCUT2D eigenvalue weighted by Gasteiger charge is -2.17. The third-order valence-corrected chi connectivity index (χ3v) is 3.34. The third kappa shape index (κ3) is 2.85. The average molecular weight is 279 g/mol. The van der Waals surface area contributed by atoms with E-state index in [4.69, 9.17) is 5.73 Å². The molecule has 2 N–H and O–H groups in total. The molecule has 0 spiro atoms. The summed E-state index contributed by atoms with van der Waals surface area (Å²) in [6.45, 7) is 3.52. The van der Waals surface area contributed by atoms with Crippen LogP contribution in [0.4, 0.5) is 13.2 Å². The summed E-state index contributed by atoms with van der Waals surface area (Å²) in [5.41, 5.74) is 7.61. The molecule has 106 valence electrons. The Morgan fingerprint density at radius 3 is 2.15 bits per heavy atom. The van der Waals surface area contributed by atoms with Crippen LogP contribution >= 0.6 is 0 Å². The first kappa shape index (κ1) is 14.6. The molecular formula is C16H16F3N. The fourth-order valence-corrected chi connectivity index (χ4v) is 2.45.